The Bertz CT molecular complexity index is 760. The number of rotatable bonds is 2. The minimum absolute atomic E-state index is 0.174. The van der Waals surface area contributed by atoms with Crippen LogP contribution in [0.1, 0.15) is 20.7 Å². The molecule has 0 bridgehead atoms. The van der Waals surface area contributed by atoms with Gasteiger partial charge in [0.15, 0.2) is 6.29 Å². The van der Waals surface area contributed by atoms with Crippen molar-refractivity contribution in [2.24, 2.45) is 0 Å². The van der Waals surface area contributed by atoms with E-state index in [9.17, 15) is 9.59 Å². The standard InChI is InChI=1S/C15H10N2O2/c18-10-12-9-17(14-4-2-1-3-13(12)14)15(19)11-5-7-16-8-6-11/h1-10H. The van der Waals surface area contributed by atoms with Crippen LogP contribution in [0.3, 0.4) is 0 Å². The molecule has 0 amide bonds. The second-order valence-corrected chi connectivity index (χ2v) is 4.13. The van der Waals surface area contributed by atoms with Crippen molar-refractivity contribution in [3.8, 4) is 0 Å². The minimum Gasteiger partial charge on any atom is -0.298 e. The maximum atomic E-state index is 12.4. The number of aromatic nitrogens is 2. The monoisotopic (exact) mass is 250 g/mol. The van der Waals surface area contributed by atoms with Crippen LogP contribution in [-0.2, 0) is 0 Å². The molecule has 3 aromatic rings. The third-order valence-electron chi connectivity index (χ3n) is 3.02. The van der Waals surface area contributed by atoms with E-state index in [1.165, 1.54) is 4.57 Å². The third kappa shape index (κ3) is 1.83. The first-order valence-electron chi connectivity index (χ1n) is 5.81. The second-order valence-electron chi connectivity index (χ2n) is 4.13. The Kier molecular flexibility index (Phi) is 2.68. The normalized spacial score (nSPS) is 10.5. The Morgan fingerprint density at radius 1 is 1.11 bits per heavy atom. The van der Waals surface area contributed by atoms with Crippen LogP contribution >= 0.6 is 0 Å². The van der Waals surface area contributed by atoms with Crippen LogP contribution in [0, 0.1) is 0 Å². The lowest BCUT2D eigenvalue weighted by atomic mass is 10.2. The number of benzene rings is 1. The topological polar surface area (TPSA) is 52.0 Å². The molecule has 0 fully saturated rings. The van der Waals surface area contributed by atoms with E-state index in [-0.39, 0.29) is 5.91 Å². The molecule has 0 aliphatic heterocycles. The molecule has 0 aliphatic carbocycles. The summed E-state index contributed by atoms with van der Waals surface area (Å²) in [6.45, 7) is 0. The van der Waals surface area contributed by atoms with E-state index in [4.69, 9.17) is 0 Å². The SMILES string of the molecule is O=Cc1cn(C(=O)c2ccncc2)c2ccccc12. The van der Waals surface area contributed by atoms with Crippen LogP contribution in [0.5, 0.6) is 0 Å². The lowest BCUT2D eigenvalue weighted by molar-refractivity contribution is 0.0965. The molecule has 3 rings (SSSR count). The highest BCUT2D eigenvalue weighted by molar-refractivity contribution is 6.06. The molecule has 0 saturated carbocycles. The fourth-order valence-electron chi connectivity index (χ4n) is 2.10. The summed E-state index contributed by atoms with van der Waals surface area (Å²) in [6.07, 6.45) is 5.47. The maximum absolute atomic E-state index is 12.4. The number of nitrogens with zero attached hydrogens (tertiary/aromatic N) is 2. The van der Waals surface area contributed by atoms with Crippen molar-refractivity contribution in [1.29, 1.82) is 0 Å². The number of fused-ring (bicyclic) bond motifs is 1. The molecule has 2 aromatic heterocycles. The van der Waals surface area contributed by atoms with E-state index in [2.05, 4.69) is 4.98 Å². The number of para-hydroxylation sites is 1. The van der Waals surface area contributed by atoms with Crippen molar-refractivity contribution in [3.05, 3.63) is 66.1 Å². The lowest BCUT2D eigenvalue weighted by Crippen LogP contribution is -2.10. The molecule has 0 N–H and O–H groups in total. The van der Waals surface area contributed by atoms with Gasteiger partial charge in [-0.1, -0.05) is 18.2 Å². The molecule has 2 heterocycles. The van der Waals surface area contributed by atoms with E-state index in [1.54, 1.807) is 30.7 Å². The van der Waals surface area contributed by atoms with Gasteiger partial charge in [0.25, 0.3) is 5.91 Å². The molecule has 0 atom stereocenters. The molecule has 4 nitrogen and oxygen atoms in total. The highest BCUT2D eigenvalue weighted by Crippen LogP contribution is 2.20. The molecule has 4 heteroatoms. The minimum atomic E-state index is -0.174. The van der Waals surface area contributed by atoms with Gasteiger partial charge in [0.1, 0.15) is 0 Å². The summed E-state index contributed by atoms with van der Waals surface area (Å²) in [4.78, 5) is 27.4. The van der Waals surface area contributed by atoms with Gasteiger partial charge in [0, 0.05) is 35.1 Å². The van der Waals surface area contributed by atoms with Crippen LogP contribution in [0.4, 0.5) is 0 Å². The number of pyridine rings is 1. The number of hydrogen-bond acceptors (Lipinski definition) is 3. The van der Waals surface area contributed by atoms with Gasteiger partial charge in [-0.15, -0.1) is 0 Å². The van der Waals surface area contributed by atoms with Crippen molar-refractivity contribution >= 4 is 23.1 Å². The van der Waals surface area contributed by atoms with E-state index in [0.29, 0.717) is 11.1 Å². The molecule has 19 heavy (non-hydrogen) atoms. The van der Waals surface area contributed by atoms with Gasteiger partial charge in [-0.2, -0.15) is 0 Å². The van der Waals surface area contributed by atoms with Crippen molar-refractivity contribution in [1.82, 2.24) is 9.55 Å². The smallest absolute Gasteiger partial charge is 0.262 e. The van der Waals surface area contributed by atoms with Gasteiger partial charge in [-0.25, -0.2) is 0 Å². The van der Waals surface area contributed by atoms with Gasteiger partial charge in [-0.05, 0) is 18.2 Å². The van der Waals surface area contributed by atoms with Gasteiger partial charge in [0.05, 0.1) is 5.52 Å². The molecular formula is C15H10N2O2. The highest BCUT2D eigenvalue weighted by atomic mass is 16.2. The largest absolute Gasteiger partial charge is 0.298 e. The molecule has 0 saturated heterocycles. The van der Waals surface area contributed by atoms with Gasteiger partial charge >= 0.3 is 0 Å². The molecular weight excluding hydrogens is 240 g/mol. The molecule has 92 valence electrons. The summed E-state index contributed by atoms with van der Waals surface area (Å²) in [7, 11) is 0. The highest BCUT2D eigenvalue weighted by Gasteiger charge is 2.14. The summed E-state index contributed by atoms with van der Waals surface area (Å²) < 4.78 is 1.49. The number of hydrogen-bond donors (Lipinski definition) is 0. The first kappa shape index (κ1) is 11.3. The summed E-state index contributed by atoms with van der Waals surface area (Å²) in [6, 6.07) is 10.6. The molecule has 1 aromatic carbocycles. The zero-order valence-corrected chi connectivity index (χ0v) is 9.98. The number of aldehydes is 1. The van der Waals surface area contributed by atoms with E-state index in [0.717, 1.165) is 17.2 Å². The summed E-state index contributed by atoms with van der Waals surface area (Å²) in [5.74, 6) is -0.174. The Hall–Kier alpha value is -2.75. The number of carbonyl (C=O) groups is 2. The van der Waals surface area contributed by atoms with E-state index < -0.39 is 0 Å². The van der Waals surface area contributed by atoms with Crippen molar-refractivity contribution in [2.75, 3.05) is 0 Å². The first-order valence-corrected chi connectivity index (χ1v) is 5.81. The zero-order valence-electron chi connectivity index (χ0n) is 9.98. The predicted octanol–water partition coefficient (Wildman–Crippen LogP) is 2.54. The maximum Gasteiger partial charge on any atom is 0.262 e. The summed E-state index contributed by atoms with van der Waals surface area (Å²) >= 11 is 0. The Morgan fingerprint density at radius 2 is 1.84 bits per heavy atom. The van der Waals surface area contributed by atoms with Crippen LogP contribution in [0.15, 0.2) is 55.0 Å². The lowest BCUT2D eigenvalue weighted by Gasteiger charge is -2.03. The number of carbonyl (C=O) groups excluding carboxylic acids is 2. The average Bonchev–Trinajstić information content (AvgIpc) is 2.86. The van der Waals surface area contributed by atoms with E-state index >= 15 is 0 Å². The summed E-state index contributed by atoms with van der Waals surface area (Å²) in [5, 5.41) is 0.778. The fourth-order valence-corrected chi connectivity index (χ4v) is 2.10. The Labute approximate surface area is 109 Å². The molecule has 0 radical (unpaired) electrons. The van der Waals surface area contributed by atoms with Crippen molar-refractivity contribution in [2.45, 2.75) is 0 Å². The van der Waals surface area contributed by atoms with Gasteiger partial charge in [-0.3, -0.25) is 19.1 Å². The molecule has 0 aliphatic rings. The van der Waals surface area contributed by atoms with Crippen LogP contribution in [-0.4, -0.2) is 21.7 Å². The van der Waals surface area contributed by atoms with Crippen LogP contribution in [0.2, 0.25) is 0 Å². The van der Waals surface area contributed by atoms with Crippen LogP contribution < -0.4 is 0 Å². The average molecular weight is 250 g/mol. The predicted molar refractivity (Wildman–Crippen MR) is 71.3 cm³/mol. The zero-order chi connectivity index (χ0) is 13.2. The van der Waals surface area contributed by atoms with Gasteiger partial charge < -0.3 is 0 Å². The second kappa shape index (κ2) is 4.49. The first-order chi connectivity index (χ1) is 9.31. The molecule has 0 spiro atoms. The summed E-state index contributed by atoms with van der Waals surface area (Å²) in [5.41, 5.74) is 1.78. The van der Waals surface area contributed by atoms with Crippen LogP contribution in [0.25, 0.3) is 10.9 Å². The van der Waals surface area contributed by atoms with Crippen molar-refractivity contribution < 1.29 is 9.59 Å². The fraction of sp³-hybridized carbons (Fsp3) is 0. The Morgan fingerprint density at radius 3 is 2.58 bits per heavy atom. The molecule has 0 unspecified atom stereocenters. The van der Waals surface area contributed by atoms with Crippen molar-refractivity contribution in [3.63, 3.8) is 0 Å². The van der Waals surface area contributed by atoms with Gasteiger partial charge in [0.2, 0.25) is 0 Å². The third-order valence-corrected chi connectivity index (χ3v) is 3.02. The quantitative estimate of drug-likeness (QED) is 0.657. The Balaban J connectivity index is 2.21. The van der Waals surface area contributed by atoms with E-state index in [1.807, 2.05) is 24.3 Å².